The first-order chi connectivity index (χ1) is 14.2. The maximum Gasteiger partial charge on any atom is 0.227 e. The van der Waals surface area contributed by atoms with Crippen molar-refractivity contribution in [2.24, 2.45) is 0 Å². The number of nitrogens with zero attached hydrogens (tertiary/aromatic N) is 3. The monoisotopic (exact) mass is 406 g/mol. The molecule has 0 aliphatic carbocycles. The van der Waals surface area contributed by atoms with Gasteiger partial charge < -0.3 is 14.6 Å². The molecule has 0 radical (unpaired) electrons. The molecule has 3 heterocycles. The smallest absolute Gasteiger partial charge is 0.227 e. The molecule has 3 aromatic heterocycles. The Balaban J connectivity index is 1.32. The van der Waals surface area contributed by atoms with Crippen LogP contribution in [0.15, 0.2) is 64.8 Å². The van der Waals surface area contributed by atoms with Crippen molar-refractivity contribution < 1.29 is 14.1 Å². The van der Waals surface area contributed by atoms with Gasteiger partial charge in [0.05, 0.1) is 11.1 Å². The van der Waals surface area contributed by atoms with Crippen molar-refractivity contribution in [1.82, 2.24) is 15.1 Å². The van der Waals surface area contributed by atoms with Crippen LogP contribution in [0.5, 0.6) is 11.5 Å². The number of anilines is 1. The molecule has 29 heavy (non-hydrogen) atoms. The number of aromatic nitrogens is 3. The fourth-order valence-electron chi connectivity index (χ4n) is 2.68. The highest BCUT2D eigenvalue weighted by Crippen LogP contribution is 2.27. The summed E-state index contributed by atoms with van der Waals surface area (Å²) in [6.45, 7) is 1.92. The van der Waals surface area contributed by atoms with Gasteiger partial charge in [0.25, 0.3) is 0 Å². The topological polar surface area (TPSA) is 90.1 Å². The lowest BCUT2D eigenvalue weighted by Crippen LogP contribution is -2.12. The van der Waals surface area contributed by atoms with Gasteiger partial charge in [0.15, 0.2) is 0 Å². The Bertz CT molecular complexity index is 1090. The first-order valence-corrected chi connectivity index (χ1v) is 9.90. The van der Waals surface area contributed by atoms with Crippen molar-refractivity contribution in [3.63, 3.8) is 0 Å². The summed E-state index contributed by atoms with van der Waals surface area (Å²) in [6.07, 6.45) is 3.97. The summed E-state index contributed by atoms with van der Waals surface area (Å²) in [5.74, 6) is 2.24. The van der Waals surface area contributed by atoms with Gasteiger partial charge in [-0.25, -0.2) is 0 Å². The predicted molar refractivity (Wildman–Crippen MR) is 110 cm³/mol. The first-order valence-electron chi connectivity index (χ1n) is 9.02. The van der Waals surface area contributed by atoms with Crippen LogP contribution >= 0.6 is 11.3 Å². The van der Waals surface area contributed by atoms with Crippen LogP contribution in [0.25, 0.3) is 10.7 Å². The third kappa shape index (κ3) is 4.85. The second-order valence-corrected chi connectivity index (χ2v) is 7.26. The zero-order valence-electron chi connectivity index (χ0n) is 15.7. The minimum absolute atomic E-state index is 0.124. The standard InChI is InChI=1S/C21H18N4O3S/c1-14-12-15(6-7-17(14)27-16-4-2-10-22-13-16)23-19(26)8-9-20-24-21(25-28-20)18-5-3-11-29-18/h2-7,10-13H,8-9H2,1H3,(H,23,26). The highest BCUT2D eigenvalue weighted by molar-refractivity contribution is 7.13. The third-order valence-electron chi connectivity index (χ3n) is 4.10. The zero-order chi connectivity index (χ0) is 20.1. The lowest BCUT2D eigenvalue weighted by Gasteiger charge is -2.11. The van der Waals surface area contributed by atoms with Gasteiger partial charge in [0, 0.05) is 24.7 Å². The minimum Gasteiger partial charge on any atom is -0.455 e. The highest BCUT2D eigenvalue weighted by Gasteiger charge is 2.12. The summed E-state index contributed by atoms with van der Waals surface area (Å²) in [5, 5.41) is 8.79. The molecule has 146 valence electrons. The van der Waals surface area contributed by atoms with Crippen LogP contribution in [0, 0.1) is 6.92 Å². The van der Waals surface area contributed by atoms with Crippen LogP contribution in [0.4, 0.5) is 5.69 Å². The van der Waals surface area contributed by atoms with E-state index in [0.29, 0.717) is 35.3 Å². The van der Waals surface area contributed by atoms with Crippen molar-refractivity contribution in [2.75, 3.05) is 5.32 Å². The number of carbonyl (C=O) groups is 1. The Morgan fingerprint density at radius 3 is 2.93 bits per heavy atom. The maximum atomic E-state index is 12.3. The van der Waals surface area contributed by atoms with E-state index in [1.807, 2.05) is 48.7 Å². The summed E-state index contributed by atoms with van der Waals surface area (Å²) in [5.41, 5.74) is 1.61. The van der Waals surface area contributed by atoms with Crippen LogP contribution in [-0.2, 0) is 11.2 Å². The molecule has 0 unspecified atom stereocenters. The number of amides is 1. The van der Waals surface area contributed by atoms with Crippen LogP contribution < -0.4 is 10.1 Å². The number of ether oxygens (including phenoxy) is 1. The molecule has 7 nitrogen and oxygen atoms in total. The lowest BCUT2D eigenvalue weighted by molar-refractivity contribution is -0.116. The van der Waals surface area contributed by atoms with Crippen molar-refractivity contribution in [3.05, 3.63) is 71.7 Å². The number of hydrogen-bond donors (Lipinski definition) is 1. The number of pyridine rings is 1. The molecule has 1 aromatic carbocycles. The summed E-state index contributed by atoms with van der Waals surface area (Å²) in [7, 11) is 0. The largest absolute Gasteiger partial charge is 0.455 e. The van der Waals surface area contributed by atoms with Gasteiger partial charge in [-0.3, -0.25) is 9.78 Å². The van der Waals surface area contributed by atoms with E-state index in [4.69, 9.17) is 9.26 Å². The molecule has 0 fully saturated rings. The molecule has 1 amide bonds. The molecule has 4 rings (SSSR count). The van der Waals surface area contributed by atoms with E-state index in [1.165, 1.54) is 0 Å². The second-order valence-electron chi connectivity index (χ2n) is 6.31. The summed E-state index contributed by atoms with van der Waals surface area (Å²) >= 11 is 1.54. The third-order valence-corrected chi connectivity index (χ3v) is 4.96. The summed E-state index contributed by atoms with van der Waals surface area (Å²) in [4.78, 5) is 21.6. The molecule has 0 aliphatic rings. The van der Waals surface area contributed by atoms with Crippen molar-refractivity contribution in [2.45, 2.75) is 19.8 Å². The van der Waals surface area contributed by atoms with Gasteiger partial charge in [-0.2, -0.15) is 4.98 Å². The van der Waals surface area contributed by atoms with Crippen molar-refractivity contribution in [3.8, 4) is 22.2 Å². The molecule has 4 aromatic rings. The highest BCUT2D eigenvalue weighted by atomic mass is 32.1. The lowest BCUT2D eigenvalue weighted by atomic mass is 10.2. The maximum absolute atomic E-state index is 12.3. The number of thiophene rings is 1. The average Bonchev–Trinajstić information content (AvgIpc) is 3.41. The number of nitrogens with one attached hydrogen (secondary N) is 1. The Labute approximate surface area is 171 Å². The van der Waals surface area contributed by atoms with E-state index < -0.39 is 0 Å². The Kier molecular flexibility index (Phi) is 5.62. The molecular formula is C21H18N4O3S. The van der Waals surface area contributed by atoms with Gasteiger partial charge in [-0.15, -0.1) is 11.3 Å². The number of aryl methyl sites for hydroxylation is 2. The Morgan fingerprint density at radius 1 is 1.24 bits per heavy atom. The van der Waals surface area contributed by atoms with E-state index in [0.717, 1.165) is 10.4 Å². The fraction of sp³-hybridized carbons (Fsp3) is 0.143. The fourth-order valence-corrected chi connectivity index (χ4v) is 3.33. The SMILES string of the molecule is Cc1cc(NC(=O)CCc2nc(-c3cccs3)no2)ccc1Oc1cccnc1. The number of benzene rings is 1. The van der Waals surface area contributed by atoms with E-state index in [2.05, 4.69) is 20.4 Å². The number of hydrogen-bond acceptors (Lipinski definition) is 7. The molecular weight excluding hydrogens is 388 g/mol. The van der Waals surface area contributed by atoms with E-state index in [1.54, 1.807) is 29.8 Å². The van der Waals surface area contributed by atoms with Crippen LogP contribution in [-0.4, -0.2) is 21.0 Å². The normalized spacial score (nSPS) is 10.7. The molecule has 0 bridgehead atoms. The molecule has 0 saturated heterocycles. The van der Waals surface area contributed by atoms with E-state index >= 15 is 0 Å². The number of rotatable bonds is 7. The molecule has 1 N–H and O–H groups in total. The van der Waals surface area contributed by atoms with Gasteiger partial charge in [-0.1, -0.05) is 11.2 Å². The zero-order valence-corrected chi connectivity index (χ0v) is 16.5. The molecule has 0 atom stereocenters. The van der Waals surface area contributed by atoms with Gasteiger partial charge in [-0.05, 0) is 54.3 Å². The van der Waals surface area contributed by atoms with Crippen LogP contribution in [0.3, 0.4) is 0 Å². The van der Waals surface area contributed by atoms with Crippen LogP contribution in [0.2, 0.25) is 0 Å². The summed E-state index contributed by atoms with van der Waals surface area (Å²) < 4.78 is 11.0. The van der Waals surface area contributed by atoms with Crippen molar-refractivity contribution in [1.29, 1.82) is 0 Å². The Hall–Kier alpha value is -3.52. The Morgan fingerprint density at radius 2 is 2.17 bits per heavy atom. The quantitative estimate of drug-likeness (QED) is 0.471. The predicted octanol–water partition coefficient (Wildman–Crippen LogP) is 4.87. The molecule has 0 saturated carbocycles. The second kappa shape index (κ2) is 8.66. The first kappa shape index (κ1) is 18.8. The average molecular weight is 406 g/mol. The van der Waals surface area contributed by atoms with Gasteiger partial charge in [0.2, 0.25) is 17.6 Å². The van der Waals surface area contributed by atoms with Crippen molar-refractivity contribution >= 4 is 22.9 Å². The summed E-state index contributed by atoms with van der Waals surface area (Å²) in [6, 6.07) is 13.0. The minimum atomic E-state index is -0.124. The number of carbonyl (C=O) groups excluding carboxylic acids is 1. The molecule has 0 spiro atoms. The molecule has 8 heteroatoms. The van der Waals surface area contributed by atoms with Gasteiger partial charge >= 0.3 is 0 Å². The van der Waals surface area contributed by atoms with Gasteiger partial charge in [0.1, 0.15) is 11.5 Å². The van der Waals surface area contributed by atoms with Crippen LogP contribution in [0.1, 0.15) is 17.9 Å². The molecule has 0 aliphatic heterocycles. The van der Waals surface area contributed by atoms with E-state index in [9.17, 15) is 4.79 Å². The van der Waals surface area contributed by atoms with E-state index in [-0.39, 0.29) is 12.3 Å².